The molecule has 8 nitrogen and oxygen atoms in total. The van der Waals surface area contributed by atoms with Gasteiger partial charge in [-0.25, -0.2) is 18.2 Å². The number of hydrogen-bond acceptors (Lipinski definition) is 7. The van der Waals surface area contributed by atoms with Crippen molar-refractivity contribution in [3.63, 3.8) is 0 Å². The highest BCUT2D eigenvalue weighted by atomic mass is 32.2. The Bertz CT molecular complexity index is 900. The number of likely N-dealkylation sites (tertiary alicyclic amines) is 1. The van der Waals surface area contributed by atoms with Crippen molar-refractivity contribution in [3.05, 3.63) is 11.6 Å². The fourth-order valence-corrected chi connectivity index (χ4v) is 5.98. The summed E-state index contributed by atoms with van der Waals surface area (Å²) in [6.45, 7) is -0.344. The predicted molar refractivity (Wildman–Crippen MR) is 97.3 cm³/mol. The Hall–Kier alpha value is -1.65. The van der Waals surface area contributed by atoms with Crippen LogP contribution in [0, 0.1) is 0 Å². The molecule has 32 heavy (non-hydrogen) atoms. The maximum Gasteiger partial charge on any atom is 0.434 e. The van der Waals surface area contributed by atoms with Crippen LogP contribution >= 0.6 is 11.3 Å². The Balaban J connectivity index is 1.59. The molecule has 2 aliphatic heterocycles. The van der Waals surface area contributed by atoms with E-state index in [1.807, 2.05) is 0 Å². The Morgan fingerprint density at radius 3 is 2.38 bits per heavy atom. The largest absolute Gasteiger partial charge is 0.434 e. The van der Waals surface area contributed by atoms with E-state index in [1.54, 1.807) is 0 Å². The van der Waals surface area contributed by atoms with Crippen LogP contribution in [0.3, 0.4) is 0 Å². The van der Waals surface area contributed by atoms with E-state index in [-0.39, 0.29) is 43.3 Å². The lowest BCUT2D eigenvalue weighted by atomic mass is 9.87. The lowest BCUT2D eigenvalue weighted by Crippen LogP contribution is -2.51. The van der Waals surface area contributed by atoms with Crippen LogP contribution < -0.4 is 0 Å². The first kappa shape index (κ1) is 25.0. The molecule has 1 unspecified atom stereocenters. The molecule has 182 valence electrons. The maximum atomic E-state index is 12.6. The molecule has 0 saturated carbocycles. The summed E-state index contributed by atoms with van der Waals surface area (Å²) < 4.78 is 111. The minimum absolute atomic E-state index is 0.0514. The van der Waals surface area contributed by atoms with Gasteiger partial charge in [-0.1, -0.05) is 0 Å². The van der Waals surface area contributed by atoms with E-state index in [4.69, 9.17) is 4.74 Å². The molecule has 1 aromatic rings. The van der Waals surface area contributed by atoms with Crippen molar-refractivity contribution in [1.29, 1.82) is 0 Å². The van der Waals surface area contributed by atoms with Crippen molar-refractivity contribution < 1.29 is 49.0 Å². The van der Waals surface area contributed by atoms with E-state index in [2.05, 4.69) is 9.72 Å². The van der Waals surface area contributed by atoms with Crippen molar-refractivity contribution in [3.8, 4) is 0 Å². The normalized spacial score (nSPS) is 22.2. The van der Waals surface area contributed by atoms with E-state index < -0.39 is 46.2 Å². The van der Waals surface area contributed by atoms with Crippen LogP contribution in [-0.2, 0) is 19.5 Å². The van der Waals surface area contributed by atoms with Crippen LogP contribution in [0.4, 0.5) is 31.1 Å². The summed E-state index contributed by atoms with van der Waals surface area (Å²) in [7, 11) is -2.46. The number of ether oxygens (including phenoxy) is 2. The number of rotatable bonds is 4. The van der Waals surface area contributed by atoms with Crippen molar-refractivity contribution >= 4 is 27.5 Å². The number of hydrogen-bond donors (Lipinski definition) is 0. The van der Waals surface area contributed by atoms with Crippen LogP contribution in [0.5, 0.6) is 0 Å². The van der Waals surface area contributed by atoms with Crippen molar-refractivity contribution in [2.24, 2.45) is 0 Å². The predicted octanol–water partition coefficient (Wildman–Crippen LogP) is 3.02. The summed E-state index contributed by atoms with van der Waals surface area (Å²) in [6.07, 6.45) is -15.7. The van der Waals surface area contributed by atoms with Crippen LogP contribution in [0.1, 0.15) is 19.3 Å². The number of piperidine rings is 1. The molecule has 1 atom stereocenters. The number of thiazole rings is 1. The molecule has 3 rings (SSSR count). The van der Waals surface area contributed by atoms with E-state index in [1.165, 1.54) is 18.6 Å². The van der Waals surface area contributed by atoms with Crippen molar-refractivity contribution in [1.82, 2.24) is 14.2 Å². The second-order valence-electron chi connectivity index (χ2n) is 7.51. The van der Waals surface area contributed by atoms with Gasteiger partial charge in [0.2, 0.25) is 4.34 Å². The van der Waals surface area contributed by atoms with Gasteiger partial charge in [0.15, 0.2) is 0 Å². The maximum absolute atomic E-state index is 12.6. The number of aromatic nitrogens is 1. The van der Waals surface area contributed by atoms with E-state index in [0.29, 0.717) is 0 Å². The van der Waals surface area contributed by atoms with Gasteiger partial charge >= 0.3 is 18.4 Å². The van der Waals surface area contributed by atoms with Gasteiger partial charge in [-0.2, -0.15) is 30.6 Å². The zero-order chi connectivity index (χ0) is 23.9. The minimum Gasteiger partial charge on any atom is -0.426 e. The van der Waals surface area contributed by atoms with E-state index in [0.717, 1.165) is 20.5 Å². The fraction of sp³-hybridized carbons (Fsp3) is 0.750. The third-order valence-electron chi connectivity index (χ3n) is 5.46. The number of carbonyl (C=O) groups is 1. The summed E-state index contributed by atoms with van der Waals surface area (Å²) >= 11 is 0.956. The van der Waals surface area contributed by atoms with Gasteiger partial charge in [-0.15, -0.1) is 11.3 Å². The summed E-state index contributed by atoms with van der Waals surface area (Å²) in [5.41, 5.74) is -0.846. The third kappa shape index (κ3) is 5.12. The van der Waals surface area contributed by atoms with E-state index >= 15 is 0 Å². The molecule has 0 N–H and O–H groups in total. The number of alkyl halides is 6. The molecule has 1 amide bonds. The second-order valence-corrected chi connectivity index (χ2v) is 10.6. The molecule has 1 spiro atoms. The molecule has 2 fully saturated rings. The molecular formula is C16H19F6N3O5S2. The third-order valence-corrected chi connectivity index (χ3v) is 8.55. The van der Waals surface area contributed by atoms with E-state index in [9.17, 15) is 39.6 Å². The topological polar surface area (TPSA) is 89.0 Å². The fourth-order valence-electron chi connectivity index (χ4n) is 3.65. The zero-order valence-electron chi connectivity index (χ0n) is 16.5. The summed E-state index contributed by atoms with van der Waals surface area (Å²) in [4.78, 5) is 16.5. The van der Waals surface area contributed by atoms with Gasteiger partial charge in [0, 0.05) is 31.7 Å². The summed E-state index contributed by atoms with van der Waals surface area (Å²) in [5, 5.41) is 1.52. The molecular weight excluding hydrogens is 492 g/mol. The Morgan fingerprint density at radius 2 is 1.88 bits per heavy atom. The quantitative estimate of drug-likeness (QED) is 0.578. The lowest BCUT2D eigenvalue weighted by molar-refractivity contribution is -0.308. The van der Waals surface area contributed by atoms with Gasteiger partial charge in [-0.05, 0) is 19.3 Å². The number of amides is 1. The summed E-state index contributed by atoms with van der Waals surface area (Å²) in [5.74, 6) is 0. The number of carbonyl (C=O) groups excluding carboxylic acids is 1. The van der Waals surface area contributed by atoms with Crippen LogP contribution in [-0.4, -0.2) is 85.5 Å². The molecule has 2 saturated heterocycles. The van der Waals surface area contributed by atoms with Crippen molar-refractivity contribution in [2.75, 3.05) is 26.7 Å². The van der Waals surface area contributed by atoms with Gasteiger partial charge in [0.25, 0.3) is 16.1 Å². The van der Waals surface area contributed by atoms with Crippen LogP contribution in [0.25, 0.3) is 0 Å². The Morgan fingerprint density at radius 1 is 1.28 bits per heavy atom. The molecule has 16 heteroatoms. The first-order valence-corrected chi connectivity index (χ1v) is 11.6. The van der Waals surface area contributed by atoms with Crippen LogP contribution in [0.15, 0.2) is 15.9 Å². The molecule has 1 aromatic heterocycles. The first-order chi connectivity index (χ1) is 14.7. The van der Waals surface area contributed by atoms with Gasteiger partial charge in [0.05, 0.1) is 18.2 Å². The number of nitrogens with zero attached hydrogens (tertiary/aromatic N) is 3. The molecule has 0 aliphatic carbocycles. The van der Waals surface area contributed by atoms with Gasteiger partial charge in [-0.3, -0.25) is 0 Å². The SMILES string of the molecule is CN(C1COC2(CCN(C(=O)OC(C(F)(F)F)C(F)(F)F)CC2)C1)S(=O)(=O)c1nccs1. The highest BCUT2D eigenvalue weighted by molar-refractivity contribution is 7.91. The molecule has 2 aliphatic rings. The molecule has 3 heterocycles. The van der Waals surface area contributed by atoms with Crippen molar-refractivity contribution in [2.45, 2.75) is 53.7 Å². The second kappa shape index (κ2) is 8.61. The Labute approximate surface area is 183 Å². The highest BCUT2D eigenvalue weighted by Crippen LogP contribution is 2.40. The average molecular weight is 511 g/mol. The first-order valence-electron chi connectivity index (χ1n) is 9.26. The standard InChI is InChI=1S/C16H19F6N3O5S2/c1-24(32(27,28)12-23-4-7-31-12)10-8-14(29-9-10)2-5-25(6-3-14)13(26)30-11(15(17,18)19)16(20,21)22/h4,7,10-11H,2-3,5-6,8-9H2,1H3. The van der Waals surface area contributed by atoms with Crippen LogP contribution in [0.2, 0.25) is 0 Å². The monoisotopic (exact) mass is 511 g/mol. The lowest BCUT2D eigenvalue weighted by Gasteiger charge is -2.38. The van der Waals surface area contributed by atoms with Gasteiger partial charge < -0.3 is 14.4 Å². The highest BCUT2D eigenvalue weighted by Gasteiger charge is 2.60. The minimum atomic E-state index is -5.79. The summed E-state index contributed by atoms with van der Waals surface area (Å²) in [6, 6.07) is -0.540. The average Bonchev–Trinajstić information content (AvgIpc) is 3.35. The Kier molecular flexibility index (Phi) is 6.72. The number of halogens is 6. The number of likely N-dealkylation sites (N-methyl/N-ethyl adjacent to an activating group) is 1. The molecule has 0 aromatic carbocycles. The number of sulfonamides is 1. The zero-order valence-corrected chi connectivity index (χ0v) is 18.2. The molecule has 0 radical (unpaired) electrons. The van der Waals surface area contributed by atoms with Gasteiger partial charge in [0.1, 0.15) is 0 Å². The smallest absolute Gasteiger partial charge is 0.426 e. The molecule has 0 bridgehead atoms.